The molecule has 3 heteroatoms. The molecule has 2 aromatic carbocycles. The number of benzene rings is 2. The van der Waals surface area contributed by atoms with Gasteiger partial charge in [0.25, 0.3) is 0 Å². The van der Waals surface area contributed by atoms with E-state index in [2.05, 4.69) is 15.9 Å². The van der Waals surface area contributed by atoms with Gasteiger partial charge in [0.15, 0.2) is 5.78 Å². The van der Waals surface area contributed by atoms with Crippen molar-refractivity contribution in [3.05, 3.63) is 42.0 Å². The van der Waals surface area contributed by atoms with Crippen LogP contribution in [0.25, 0.3) is 10.8 Å². The molecule has 0 aliphatic carbocycles. The number of halogens is 1. The van der Waals surface area contributed by atoms with Crippen LogP contribution < -0.4 is 4.74 Å². The van der Waals surface area contributed by atoms with Crippen molar-refractivity contribution in [3.8, 4) is 5.75 Å². The number of carbonyl (C=O) groups is 1. The predicted molar refractivity (Wildman–Crippen MR) is 68.6 cm³/mol. The minimum atomic E-state index is 0.0933. The van der Waals surface area contributed by atoms with E-state index in [9.17, 15) is 4.79 Å². The molecule has 0 aliphatic heterocycles. The van der Waals surface area contributed by atoms with Crippen molar-refractivity contribution in [2.75, 3.05) is 12.4 Å². The topological polar surface area (TPSA) is 26.3 Å². The van der Waals surface area contributed by atoms with E-state index in [1.54, 1.807) is 7.11 Å². The Morgan fingerprint density at radius 3 is 2.81 bits per heavy atom. The van der Waals surface area contributed by atoms with Gasteiger partial charge >= 0.3 is 0 Å². The lowest BCUT2D eigenvalue weighted by Gasteiger charge is -2.06. The molecule has 2 nitrogen and oxygen atoms in total. The summed E-state index contributed by atoms with van der Waals surface area (Å²) in [6.07, 6.45) is 0. The fraction of sp³-hybridized carbons (Fsp3) is 0.154. The van der Waals surface area contributed by atoms with Crippen molar-refractivity contribution in [2.24, 2.45) is 0 Å². The molecule has 82 valence electrons. The van der Waals surface area contributed by atoms with Gasteiger partial charge < -0.3 is 4.74 Å². The Morgan fingerprint density at radius 1 is 1.31 bits per heavy atom. The second-order valence-electron chi connectivity index (χ2n) is 3.45. The predicted octanol–water partition coefficient (Wildman–Crippen LogP) is 3.43. The first kappa shape index (κ1) is 11.1. The lowest BCUT2D eigenvalue weighted by Crippen LogP contribution is -2.00. The van der Waals surface area contributed by atoms with Crippen LogP contribution in [0.2, 0.25) is 0 Å². The Hall–Kier alpha value is -1.35. The molecule has 0 radical (unpaired) electrons. The third-order valence-corrected chi connectivity index (χ3v) is 3.02. The molecule has 0 bridgehead atoms. The number of fused-ring (bicyclic) bond motifs is 1. The first-order chi connectivity index (χ1) is 7.76. The summed E-state index contributed by atoms with van der Waals surface area (Å²) in [6, 6.07) is 11.4. The van der Waals surface area contributed by atoms with E-state index in [-0.39, 0.29) is 5.78 Å². The smallest absolute Gasteiger partial charge is 0.173 e. The van der Waals surface area contributed by atoms with Crippen molar-refractivity contribution in [3.63, 3.8) is 0 Å². The summed E-state index contributed by atoms with van der Waals surface area (Å²) in [5.74, 6) is 0.895. The second kappa shape index (κ2) is 4.66. The van der Waals surface area contributed by atoms with Crippen LogP contribution in [0, 0.1) is 0 Å². The Bertz CT molecular complexity index is 534. The number of alkyl halides is 1. The van der Waals surface area contributed by atoms with Crippen LogP contribution in [0.15, 0.2) is 36.4 Å². The zero-order valence-corrected chi connectivity index (χ0v) is 10.5. The standard InChI is InChI=1S/C13H11BrO2/c1-16-10-5-6-11-9(7-10)3-2-4-12(11)13(15)8-14/h2-7H,8H2,1H3. The fourth-order valence-corrected chi connectivity index (χ4v) is 2.01. The average Bonchev–Trinajstić information content (AvgIpc) is 2.36. The highest BCUT2D eigenvalue weighted by Gasteiger charge is 2.08. The zero-order valence-electron chi connectivity index (χ0n) is 8.87. The van der Waals surface area contributed by atoms with Gasteiger partial charge in [0.1, 0.15) is 5.75 Å². The van der Waals surface area contributed by atoms with Crippen LogP contribution in [-0.2, 0) is 0 Å². The number of rotatable bonds is 3. The van der Waals surface area contributed by atoms with Gasteiger partial charge in [-0.2, -0.15) is 0 Å². The lowest BCUT2D eigenvalue weighted by molar-refractivity contribution is 0.102. The van der Waals surface area contributed by atoms with Crippen molar-refractivity contribution < 1.29 is 9.53 Å². The summed E-state index contributed by atoms with van der Waals surface area (Å²) in [5, 5.41) is 2.33. The average molecular weight is 279 g/mol. The van der Waals surface area contributed by atoms with Gasteiger partial charge in [-0.25, -0.2) is 0 Å². The van der Waals surface area contributed by atoms with Crippen LogP contribution in [0.4, 0.5) is 0 Å². The minimum Gasteiger partial charge on any atom is -0.497 e. The van der Waals surface area contributed by atoms with Crippen molar-refractivity contribution in [1.29, 1.82) is 0 Å². The van der Waals surface area contributed by atoms with E-state index in [1.807, 2.05) is 36.4 Å². The normalized spacial score (nSPS) is 10.4. The van der Waals surface area contributed by atoms with Gasteiger partial charge in [-0.3, -0.25) is 4.79 Å². The van der Waals surface area contributed by atoms with E-state index in [0.717, 1.165) is 22.1 Å². The molecule has 0 heterocycles. The number of ketones is 1. The molecule has 0 saturated heterocycles. The van der Waals surface area contributed by atoms with Gasteiger partial charge in [-0.1, -0.05) is 34.1 Å². The molecule has 0 unspecified atom stereocenters. The monoisotopic (exact) mass is 278 g/mol. The van der Waals surface area contributed by atoms with Crippen molar-refractivity contribution in [2.45, 2.75) is 0 Å². The maximum Gasteiger partial charge on any atom is 0.173 e. The second-order valence-corrected chi connectivity index (χ2v) is 4.01. The largest absolute Gasteiger partial charge is 0.497 e. The zero-order chi connectivity index (χ0) is 11.5. The SMILES string of the molecule is COc1ccc2c(C(=O)CBr)cccc2c1. The molecule has 2 rings (SSSR count). The molecule has 0 aliphatic rings. The summed E-state index contributed by atoms with van der Waals surface area (Å²) in [4.78, 5) is 11.7. The van der Waals surface area contributed by atoms with Crippen molar-refractivity contribution >= 4 is 32.5 Å². The maximum absolute atomic E-state index is 11.7. The third kappa shape index (κ3) is 1.95. The van der Waals surface area contributed by atoms with Gasteiger partial charge in [-0.15, -0.1) is 0 Å². The van der Waals surface area contributed by atoms with Crippen molar-refractivity contribution in [1.82, 2.24) is 0 Å². The highest BCUT2D eigenvalue weighted by atomic mass is 79.9. The molecule has 0 atom stereocenters. The number of hydrogen-bond donors (Lipinski definition) is 0. The van der Waals surface area contributed by atoms with E-state index >= 15 is 0 Å². The Labute approximate surface area is 102 Å². The van der Waals surface area contributed by atoms with E-state index in [4.69, 9.17) is 4.74 Å². The first-order valence-electron chi connectivity index (χ1n) is 4.92. The number of ether oxygens (including phenoxy) is 1. The highest BCUT2D eigenvalue weighted by molar-refractivity contribution is 9.09. The highest BCUT2D eigenvalue weighted by Crippen LogP contribution is 2.24. The summed E-state index contributed by atoms with van der Waals surface area (Å²) < 4.78 is 5.15. The summed E-state index contributed by atoms with van der Waals surface area (Å²) in [6.45, 7) is 0. The summed E-state index contributed by atoms with van der Waals surface area (Å²) >= 11 is 3.19. The Kier molecular flexibility index (Phi) is 3.25. The van der Waals surface area contributed by atoms with Crippen LogP contribution in [0.3, 0.4) is 0 Å². The quantitative estimate of drug-likeness (QED) is 0.635. The van der Waals surface area contributed by atoms with E-state index < -0.39 is 0 Å². The molecular formula is C13H11BrO2. The lowest BCUT2D eigenvalue weighted by atomic mass is 10.0. The molecule has 0 spiro atoms. The molecule has 0 N–H and O–H groups in total. The summed E-state index contributed by atoms with van der Waals surface area (Å²) in [5.41, 5.74) is 0.747. The number of carbonyl (C=O) groups excluding carboxylic acids is 1. The maximum atomic E-state index is 11.7. The van der Waals surface area contributed by atoms with Crippen LogP contribution >= 0.6 is 15.9 Å². The van der Waals surface area contributed by atoms with Gasteiger partial charge in [-0.05, 0) is 29.0 Å². The molecule has 0 saturated carbocycles. The van der Waals surface area contributed by atoms with Crippen LogP contribution in [-0.4, -0.2) is 18.2 Å². The third-order valence-electron chi connectivity index (χ3n) is 2.51. The first-order valence-corrected chi connectivity index (χ1v) is 6.04. The minimum absolute atomic E-state index is 0.0933. The Morgan fingerprint density at radius 2 is 2.12 bits per heavy atom. The molecule has 0 aromatic heterocycles. The van der Waals surface area contributed by atoms with Gasteiger partial charge in [0.2, 0.25) is 0 Å². The Balaban J connectivity index is 2.65. The number of methoxy groups -OCH3 is 1. The van der Waals surface area contributed by atoms with E-state index in [1.165, 1.54) is 0 Å². The van der Waals surface area contributed by atoms with Crippen LogP contribution in [0.5, 0.6) is 5.75 Å². The molecular weight excluding hydrogens is 268 g/mol. The fourth-order valence-electron chi connectivity index (χ4n) is 1.70. The molecule has 0 fully saturated rings. The van der Waals surface area contributed by atoms with E-state index in [0.29, 0.717) is 5.33 Å². The number of hydrogen-bond acceptors (Lipinski definition) is 2. The van der Waals surface area contributed by atoms with Crippen LogP contribution in [0.1, 0.15) is 10.4 Å². The van der Waals surface area contributed by atoms with Gasteiger partial charge in [0.05, 0.1) is 12.4 Å². The number of Topliss-reactive ketones (excluding diaryl/α,β-unsaturated/α-hetero) is 1. The van der Waals surface area contributed by atoms with Gasteiger partial charge in [0, 0.05) is 5.56 Å². The molecule has 16 heavy (non-hydrogen) atoms. The molecule has 2 aromatic rings. The molecule has 0 amide bonds. The summed E-state index contributed by atoms with van der Waals surface area (Å²) in [7, 11) is 1.63.